The van der Waals surface area contributed by atoms with E-state index in [0.717, 1.165) is 39.3 Å². The van der Waals surface area contributed by atoms with Gasteiger partial charge in [0.25, 0.3) is 5.91 Å². The molecule has 4 N–H and O–H groups in total. The van der Waals surface area contributed by atoms with Crippen LogP contribution in [0.2, 0.25) is 0 Å². The van der Waals surface area contributed by atoms with Gasteiger partial charge in [-0.1, -0.05) is 71.9 Å². The number of rotatable bonds is 7. The summed E-state index contributed by atoms with van der Waals surface area (Å²) in [6.45, 7) is 3.66. The van der Waals surface area contributed by atoms with Gasteiger partial charge in [0, 0.05) is 28.9 Å². The molecule has 0 saturated carbocycles. The average molecular weight is 402 g/mol. The summed E-state index contributed by atoms with van der Waals surface area (Å²) in [5.74, 6) is -0.446. The molecule has 29 heavy (non-hydrogen) atoms. The second-order valence-electron chi connectivity index (χ2n) is 7.08. The molecule has 0 atom stereocenters. The van der Waals surface area contributed by atoms with Gasteiger partial charge in [-0.05, 0) is 36.2 Å². The fourth-order valence-electron chi connectivity index (χ4n) is 3.39. The maximum Gasteiger partial charge on any atom is 0.266 e. The fraction of sp³-hybridized carbons (Fsp3) is 0.125. The van der Waals surface area contributed by atoms with Gasteiger partial charge in [0.05, 0.1) is 4.90 Å². The summed E-state index contributed by atoms with van der Waals surface area (Å²) in [5, 5.41) is 4.49. The highest BCUT2D eigenvalue weighted by Gasteiger charge is 2.17. The zero-order valence-corrected chi connectivity index (χ0v) is 17.1. The highest BCUT2D eigenvalue weighted by atomic mass is 32.2. The van der Waals surface area contributed by atoms with Gasteiger partial charge in [-0.2, -0.15) is 0 Å². The first-order valence-electron chi connectivity index (χ1n) is 9.54. The summed E-state index contributed by atoms with van der Waals surface area (Å²) in [6.07, 6.45) is 0. The first kappa shape index (κ1) is 19.3. The average Bonchev–Trinajstić information content (AvgIpc) is 3.07. The molecule has 1 amide bonds. The molecule has 5 heteroatoms. The number of aromatic nitrogens is 1. The van der Waals surface area contributed by atoms with Crippen molar-refractivity contribution in [2.24, 2.45) is 5.73 Å². The van der Waals surface area contributed by atoms with Crippen molar-refractivity contribution in [1.82, 2.24) is 10.3 Å². The first-order valence-corrected chi connectivity index (χ1v) is 10.4. The molecule has 4 aromatic rings. The van der Waals surface area contributed by atoms with Crippen LogP contribution in [0.3, 0.4) is 0 Å². The Balaban J connectivity index is 1.55. The number of aryl methyl sites for hydroxylation is 1. The molecule has 146 valence electrons. The van der Waals surface area contributed by atoms with Crippen molar-refractivity contribution < 1.29 is 4.79 Å². The Labute approximate surface area is 174 Å². The van der Waals surface area contributed by atoms with E-state index in [4.69, 9.17) is 5.73 Å². The van der Waals surface area contributed by atoms with Gasteiger partial charge in [0.2, 0.25) is 0 Å². The molecule has 0 aliphatic carbocycles. The van der Waals surface area contributed by atoms with E-state index in [1.165, 1.54) is 11.1 Å². The molecule has 3 aromatic carbocycles. The number of amides is 1. The number of benzene rings is 3. The van der Waals surface area contributed by atoms with Gasteiger partial charge in [-0.3, -0.25) is 4.79 Å². The Bertz CT molecular complexity index is 1150. The Hall–Kier alpha value is -3.02. The predicted octanol–water partition coefficient (Wildman–Crippen LogP) is 5.02. The lowest BCUT2D eigenvalue weighted by atomic mass is 10.1. The minimum Gasteiger partial charge on any atom is -0.364 e. The number of H-pyrrole nitrogens is 1. The zero-order chi connectivity index (χ0) is 20.2. The van der Waals surface area contributed by atoms with E-state index in [9.17, 15) is 4.79 Å². The Morgan fingerprint density at radius 1 is 0.966 bits per heavy atom. The lowest BCUT2D eigenvalue weighted by Crippen LogP contribution is -2.12. The highest BCUT2D eigenvalue weighted by Crippen LogP contribution is 2.36. The molecule has 1 aromatic heterocycles. The molecule has 4 nitrogen and oxygen atoms in total. The summed E-state index contributed by atoms with van der Waals surface area (Å²) in [4.78, 5) is 17.1. The van der Waals surface area contributed by atoms with Crippen LogP contribution in [-0.4, -0.2) is 10.9 Å². The standard InChI is InChI=1S/C24H23N3OS/c1-16-6-5-7-17(12-16)14-26-15-18-10-11-20-21(13-18)27-22(24(25)28)23(20)29-19-8-3-2-4-9-19/h2-13,26-27H,14-15H2,1H3,(H2,25,28). The van der Waals surface area contributed by atoms with Crippen LogP contribution in [0, 0.1) is 6.92 Å². The van der Waals surface area contributed by atoms with Crippen LogP contribution in [0.25, 0.3) is 10.9 Å². The van der Waals surface area contributed by atoms with Gasteiger partial charge in [0.1, 0.15) is 5.69 Å². The third-order valence-electron chi connectivity index (χ3n) is 4.77. The fourth-order valence-corrected chi connectivity index (χ4v) is 4.46. The molecule has 0 bridgehead atoms. The number of primary amides is 1. The summed E-state index contributed by atoms with van der Waals surface area (Å²) in [7, 11) is 0. The lowest BCUT2D eigenvalue weighted by Gasteiger charge is -2.07. The first-order chi connectivity index (χ1) is 14.1. The molecule has 4 rings (SSSR count). The SMILES string of the molecule is Cc1cccc(CNCc2ccc3c(Sc4ccccc4)c(C(N)=O)[nH]c3c2)c1. The zero-order valence-electron chi connectivity index (χ0n) is 16.2. The van der Waals surface area contributed by atoms with E-state index in [2.05, 4.69) is 59.7 Å². The van der Waals surface area contributed by atoms with E-state index in [1.54, 1.807) is 11.8 Å². The minimum absolute atomic E-state index is 0.446. The summed E-state index contributed by atoms with van der Waals surface area (Å²) in [6, 6.07) is 24.7. The van der Waals surface area contributed by atoms with E-state index < -0.39 is 5.91 Å². The maximum absolute atomic E-state index is 12.0. The summed E-state index contributed by atoms with van der Waals surface area (Å²) in [5.41, 5.74) is 10.7. The second kappa shape index (κ2) is 8.55. The Kier molecular flexibility index (Phi) is 5.69. The molecule has 0 aliphatic rings. The largest absolute Gasteiger partial charge is 0.364 e. The van der Waals surface area contributed by atoms with Crippen molar-refractivity contribution in [2.45, 2.75) is 29.8 Å². The number of hydrogen-bond acceptors (Lipinski definition) is 3. The van der Waals surface area contributed by atoms with Crippen LogP contribution in [0.15, 0.2) is 82.6 Å². The van der Waals surface area contributed by atoms with E-state index in [1.807, 2.05) is 30.3 Å². The third kappa shape index (κ3) is 4.53. The number of carbonyl (C=O) groups excluding carboxylic acids is 1. The number of fused-ring (bicyclic) bond motifs is 1. The Morgan fingerprint density at radius 3 is 2.45 bits per heavy atom. The van der Waals surface area contributed by atoms with Crippen LogP contribution < -0.4 is 11.1 Å². The maximum atomic E-state index is 12.0. The van der Waals surface area contributed by atoms with Gasteiger partial charge >= 0.3 is 0 Å². The molecule has 0 unspecified atom stereocenters. The number of nitrogens with one attached hydrogen (secondary N) is 2. The second-order valence-corrected chi connectivity index (χ2v) is 8.16. The Morgan fingerprint density at radius 2 is 1.72 bits per heavy atom. The van der Waals surface area contributed by atoms with Crippen LogP contribution in [0.5, 0.6) is 0 Å². The minimum atomic E-state index is -0.446. The van der Waals surface area contributed by atoms with Gasteiger partial charge in [-0.15, -0.1) is 0 Å². The smallest absolute Gasteiger partial charge is 0.266 e. The number of carbonyl (C=O) groups is 1. The highest BCUT2D eigenvalue weighted by molar-refractivity contribution is 7.99. The normalized spacial score (nSPS) is 11.1. The molecule has 0 fully saturated rings. The molecule has 1 heterocycles. The van der Waals surface area contributed by atoms with Crippen molar-refractivity contribution in [2.75, 3.05) is 0 Å². The van der Waals surface area contributed by atoms with Crippen LogP contribution in [-0.2, 0) is 13.1 Å². The van der Waals surface area contributed by atoms with Gasteiger partial charge in [-0.25, -0.2) is 0 Å². The summed E-state index contributed by atoms with van der Waals surface area (Å²) >= 11 is 1.55. The monoisotopic (exact) mass is 401 g/mol. The molecular formula is C24H23N3OS. The topological polar surface area (TPSA) is 70.9 Å². The van der Waals surface area contributed by atoms with Gasteiger partial charge in [0.15, 0.2) is 0 Å². The van der Waals surface area contributed by atoms with E-state index in [0.29, 0.717) is 5.69 Å². The van der Waals surface area contributed by atoms with Crippen LogP contribution in [0.1, 0.15) is 27.2 Å². The van der Waals surface area contributed by atoms with Crippen molar-refractivity contribution in [3.05, 3.63) is 95.2 Å². The van der Waals surface area contributed by atoms with Crippen molar-refractivity contribution in [3.8, 4) is 0 Å². The van der Waals surface area contributed by atoms with Crippen LogP contribution >= 0.6 is 11.8 Å². The quantitative estimate of drug-likeness (QED) is 0.407. The van der Waals surface area contributed by atoms with Gasteiger partial charge < -0.3 is 16.0 Å². The van der Waals surface area contributed by atoms with Crippen LogP contribution in [0.4, 0.5) is 0 Å². The van der Waals surface area contributed by atoms with Crippen molar-refractivity contribution in [1.29, 1.82) is 0 Å². The number of nitrogens with two attached hydrogens (primary N) is 1. The summed E-state index contributed by atoms with van der Waals surface area (Å²) < 4.78 is 0. The van der Waals surface area contributed by atoms with Crippen molar-refractivity contribution >= 4 is 28.6 Å². The molecular weight excluding hydrogens is 378 g/mol. The molecule has 0 spiro atoms. The van der Waals surface area contributed by atoms with E-state index >= 15 is 0 Å². The van der Waals surface area contributed by atoms with Crippen molar-refractivity contribution in [3.63, 3.8) is 0 Å². The molecule has 0 saturated heterocycles. The molecule has 0 radical (unpaired) electrons. The predicted molar refractivity (Wildman–Crippen MR) is 119 cm³/mol. The molecule has 0 aliphatic heterocycles. The lowest BCUT2D eigenvalue weighted by molar-refractivity contribution is 0.0993. The third-order valence-corrected chi connectivity index (χ3v) is 5.90. The number of hydrogen-bond donors (Lipinski definition) is 3. The van der Waals surface area contributed by atoms with E-state index in [-0.39, 0.29) is 0 Å². The number of aromatic amines is 1.